The quantitative estimate of drug-likeness (QED) is 0.515. The topological polar surface area (TPSA) is 46.5 Å². The van der Waals surface area contributed by atoms with E-state index in [1.54, 1.807) is 20.8 Å². The Kier molecular flexibility index (Phi) is 6.93. The predicted molar refractivity (Wildman–Crippen MR) is 65.1 cm³/mol. The summed E-state index contributed by atoms with van der Waals surface area (Å²) in [5, 5.41) is 0. The Morgan fingerprint density at radius 1 is 1.11 bits per heavy atom. The van der Waals surface area contributed by atoms with Crippen LogP contribution in [0.4, 0.5) is 13.2 Å². The van der Waals surface area contributed by atoms with E-state index in [4.69, 9.17) is 13.6 Å². The first kappa shape index (κ1) is 16.7. The fourth-order valence-electron chi connectivity index (χ4n) is 1.09. The summed E-state index contributed by atoms with van der Waals surface area (Å²) >= 11 is 0. The average Bonchev–Trinajstić information content (AvgIpc) is 2.34. The van der Waals surface area contributed by atoms with Crippen LogP contribution in [0.25, 0.3) is 0 Å². The minimum Gasteiger partial charge on any atom is -0.324 e. The van der Waals surface area contributed by atoms with E-state index < -0.39 is 24.6 Å². The zero-order valence-corrected chi connectivity index (χ0v) is 12.8. The lowest BCUT2D eigenvalue weighted by Gasteiger charge is -2.36. The van der Waals surface area contributed by atoms with Gasteiger partial charge >= 0.3 is 16.2 Å². The first-order valence-electron chi connectivity index (χ1n) is 5.24. The summed E-state index contributed by atoms with van der Waals surface area (Å²) in [7, 11) is -9.17. The number of nitrogens with zero attached hydrogens (tertiary/aromatic N) is 3. The van der Waals surface area contributed by atoms with Gasteiger partial charge in [-0.1, -0.05) is 0 Å². The van der Waals surface area contributed by atoms with Gasteiger partial charge in [-0.15, -0.1) is 8.96 Å². The summed E-state index contributed by atoms with van der Waals surface area (Å²) < 4.78 is 59.1. The van der Waals surface area contributed by atoms with Gasteiger partial charge in [0, 0.05) is 4.66 Å². The van der Waals surface area contributed by atoms with Crippen LogP contribution in [0.1, 0.15) is 20.8 Å². The van der Waals surface area contributed by atoms with Crippen molar-refractivity contribution in [3.63, 3.8) is 0 Å². The third kappa shape index (κ3) is 3.41. The average molecular weight is 327 g/mol. The minimum atomic E-state index is -3.59. The monoisotopic (exact) mass is 327 g/mol. The maximum atomic E-state index is 13.8. The molecule has 0 amide bonds. The van der Waals surface area contributed by atoms with Gasteiger partial charge in [-0.25, -0.2) is 0 Å². The van der Waals surface area contributed by atoms with E-state index in [0.717, 1.165) is 0 Å². The molecule has 0 saturated carbocycles. The first-order chi connectivity index (χ1) is 8.52. The molecule has 0 spiro atoms. The molecular weight excluding hydrogens is 312 g/mol. The van der Waals surface area contributed by atoms with E-state index in [0.29, 0.717) is 0 Å². The lowest BCUT2D eigenvalue weighted by molar-refractivity contribution is 0.127. The molecule has 6 nitrogen and oxygen atoms in total. The first-order valence-corrected chi connectivity index (χ1v) is 9.08. The summed E-state index contributed by atoms with van der Waals surface area (Å²) in [6.45, 7) is 5.06. The zero-order chi connectivity index (χ0) is 13.8. The Hall–Kier alpha value is 0.680. The molecule has 0 radical (unpaired) electrons. The molecule has 1 rings (SSSR count). The highest BCUT2D eigenvalue weighted by Gasteiger charge is 2.51. The summed E-state index contributed by atoms with van der Waals surface area (Å²) in [4.78, 5) is 0. The van der Waals surface area contributed by atoms with Gasteiger partial charge < -0.3 is 13.6 Å². The molecule has 2 atom stereocenters. The molecule has 1 heterocycles. The molecule has 1 aliphatic rings. The van der Waals surface area contributed by atoms with E-state index in [1.165, 1.54) is 0 Å². The van der Waals surface area contributed by atoms with Crippen molar-refractivity contribution in [3.05, 3.63) is 0 Å². The van der Waals surface area contributed by atoms with Crippen molar-refractivity contribution < 1.29 is 26.7 Å². The van der Waals surface area contributed by atoms with Gasteiger partial charge in [-0.2, -0.15) is 8.71 Å². The van der Waals surface area contributed by atoms with Crippen molar-refractivity contribution >= 4 is 24.6 Å². The summed E-state index contributed by atoms with van der Waals surface area (Å²) in [6.07, 6.45) is 0. The maximum absolute atomic E-state index is 13.8. The Labute approximate surface area is 106 Å². The van der Waals surface area contributed by atoms with E-state index in [1.807, 2.05) is 0 Å². The molecule has 0 aromatic heterocycles. The van der Waals surface area contributed by atoms with Gasteiger partial charge in [0.25, 0.3) is 8.45 Å². The van der Waals surface area contributed by atoms with Crippen molar-refractivity contribution in [2.45, 2.75) is 20.8 Å². The molecule has 0 fully saturated rings. The normalized spacial score (nSPS) is 29.2. The fourth-order valence-corrected chi connectivity index (χ4v) is 7.37. The van der Waals surface area contributed by atoms with Crippen molar-refractivity contribution in [1.82, 2.24) is 9.33 Å². The molecule has 2 unspecified atom stereocenters. The molecular formula is C6H15F3N3O3P3. The van der Waals surface area contributed by atoms with E-state index in [2.05, 4.69) is 4.52 Å². The standard InChI is InChI=1S/C6H15F3N3O3P3/c1-4-13-17-10-18(14-5-2,15-6-3)12(8)16(9)11(17)7/h4-6H2,1-3H3. The van der Waals surface area contributed by atoms with E-state index >= 15 is 0 Å². The van der Waals surface area contributed by atoms with Crippen LogP contribution in [0.15, 0.2) is 4.52 Å². The molecule has 0 aromatic carbocycles. The van der Waals surface area contributed by atoms with Crippen molar-refractivity contribution in [2.24, 2.45) is 4.52 Å². The smallest absolute Gasteiger partial charge is 0.324 e. The largest absolute Gasteiger partial charge is 0.332 e. The van der Waals surface area contributed by atoms with Crippen LogP contribution in [-0.4, -0.2) is 29.1 Å². The zero-order valence-electron chi connectivity index (χ0n) is 10.2. The van der Waals surface area contributed by atoms with Gasteiger partial charge in [-0.05, 0) is 25.4 Å². The Bertz CT molecular complexity index is 317. The molecule has 0 N–H and O–H groups in total. The lowest BCUT2D eigenvalue weighted by Crippen LogP contribution is -2.18. The highest BCUT2D eigenvalue weighted by molar-refractivity contribution is 7.77. The molecule has 0 bridgehead atoms. The van der Waals surface area contributed by atoms with E-state index in [9.17, 15) is 13.2 Å². The molecule has 0 saturated heterocycles. The SMILES string of the molecule is CCOP1N=P(OCC)(OCC)N(F)P(F)N1F. The van der Waals surface area contributed by atoms with Crippen LogP contribution in [0.2, 0.25) is 0 Å². The number of hydrogen-bond acceptors (Lipinski definition) is 6. The predicted octanol–water partition coefficient (Wildman–Crippen LogP) is 4.85. The van der Waals surface area contributed by atoms with Gasteiger partial charge in [0.1, 0.15) is 0 Å². The third-order valence-electron chi connectivity index (χ3n) is 1.65. The molecule has 0 aromatic rings. The van der Waals surface area contributed by atoms with Crippen LogP contribution in [0, 0.1) is 0 Å². The molecule has 0 aliphatic carbocycles. The van der Waals surface area contributed by atoms with Gasteiger partial charge in [-0.3, -0.25) is 0 Å². The minimum absolute atomic E-state index is 0.0719. The van der Waals surface area contributed by atoms with Gasteiger partial charge in [0.2, 0.25) is 0 Å². The van der Waals surface area contributed by atoms with Crippen molar-refractivity contribution in [2.75, 3.05) is 19.8 Å². The van der Waals surface area contributed by atoms with Gasteiger partial charge in [0.05, 0.1) is 19.8 Å². The summed E-state index contributed by atoms with van der Waals surface area (Å²) in [5.41, 5.74) is 0. The lowest BCUT2D eigenvalue weighted by atomic mass is 10.9. The van der Waals surface area contributed by atoms with Crippen LogP contribution < -0.4 is 0 Å². The second-order valence-electron chi connectivity index (χ2n) is 2.81. The molecule has 18 heavy (non-hydrogen) atoms. The fraction of sp³-hybridized carbons (Fsp3) is 1.00. The maximum Gasteiger partial charge on any atom is 0.332 e. The third-order valence-corrected chi connectivity index (χ3v) is 8.11. The van der Waals surface area contributed by atoms with Crippen molar-refractivity contribution in [1.29, 1.82) is 0 Å². The Morgan fingerprint density at radius 3 is 2.11 bits per heavy atom. The second-order valence-corrected chi connectivity index (χ2v) is 8.30. The highest BCUT2D eigenvalue weighted by Crippen LogP contribution is 2.79. The van der Waals surface area contributed by atoms with Crippen LogP contribution in [0.5, 0.6) is 0 Å². The van der Waals surface area contributed by atoms with Crippen LogP contribution in [-0.2, 0) is 13.6 Å². The van der Waals surface area contributed by atoms with Crippen molar-refractivity contribution in [3.8, 4) is 0 Å². The summed E-state index contributed by atoms with van der Waals surface area (Å²) in [6, 6.07) is 0. The molecule has 108 valence electrons. The number of rotatable bonds is 6. The second kappa shape index (κ2) is 7.46. The van der Waals surface area contributed by atoms with Crippen LogP contribution in [0.3, 0.4) is 0 Å². The summed E-state index contributed by atoms with van der Waals surface area (Å²) in [5.74, 6) is 0. The van der Waals surface area contributed by atoms with Crippen LogP contribution >= 0.6 is 24.6 Å². The molecule has 12 heteroatoms. The number of hydrogen-bond donors (Lipinski definition) is 0. The Morgan fingerprint density at radius 2 is 1.67 bits per heavy atom. The highest BCUT2D eigenvalue weighted by atomic mass is 31.3. The molecule has 1 aliphatic heterocycles. The number of halogens is 3. The van der Waals surface area contributed by atoms with Gasteiger partial charge in [0.15, 0.2) is 0 Å². The Balaban J connectivity index is 3.12. The van der Waals surface area contributed by atoms with E-state index in [-0.39, 0.29) is 29.1 Å².